The van der Waals surface area contributed by atoms with E-state index in [0.717, 1.165) is 32.4 Å². The molecule has 2 aromatic rings. The fourth-order valence-electron chi connectivity index (χ4n) is 9.10. The lowest BCUT2D eigenvalue weighted by Crippen LogP contribution is -2.69. The minimum atomic E-state index is 0. The van der Waals surface area contributed by atoms with Gasteiger partial charge in [-0.25, -0.2) is 0 Å². The molecule has 6 atom stereocenters. The second-order valence-corrected chi connectivity index (χ2v) is 10.7. The summed E-state index contributed by atoms with van der Waals surface area (Å²) < 4.78 is 0. The van der Waals surface area contributed by atoms with Crippen LogP contribution in [-0.4, -0.2) is 58.0 Å². The van der Waals surface area contributed by atoms with Crippen LogP contribution in [0.3, 0.4) is 0 Å². The van der Waals surface area contributed by atoms with E-state index in [4.69, 9.17) is 0 Å². The van der Waals surface area contributed by atoms with Crippen LogP contribution in [0, 0.1) is 17.3 Å². The van der Waals surface area contributed by atoms with Crippen molar-refractivity contribution in [3.8, 4) is 5.75 Å². The maximum absolute atomic E-state index is 13.5. The summed E-state index contributed by atoms with van der Waals surface area (Å²) in [7, 11) is 2.31. The van der Waals surface area contributed by atoms with E-state index in [9.17, 15) is 9.90 Å². The van der Waals surface area contributed by atoms with E-state index < -0.39 is 0 Å². The number of piperidine rings is 1. The summed E-state index contributed by atoms with van der Waals surface area (Å²) in [6.07, 6.45) is 7.44. The summed E-state index contributed by atoms with van der Waals surface area (Å²) in [4.78, 5) is 22.6. The van der Waals surface area contributed by atoms with E-state index in [2.05, 4.69) is 34.0 Å². The van der Waals surface area contributed by atoms with Gasteiger partial charge in [-0.3, -0.25) is 9.78 Å². The van der Waals surface area contributed by atoms with Crippen LogP contribution < -0.4 is 0 Å². The third-order valence-corrected chi connectivity index (χ3v) is 9.89. The maximum Gasteiger partial charge on any atom is 0.272 e. The number of pyridine rings is 1. The Labute approximate surface area is 190 Å². The molecule has 4 bridgehead atoms. The largest absolute Gasteiger partial charge is 0.508 e. The van der Waals surface area contributed by atoms with Crippen molar-refractivity contribution in [3.05, 3.63) is 59.4 Å². The van der Waals surface area contributed by atoms with Gasteiger partial charge in [-0.2, -0.15) is 0 Å². The molecule has 5 aliphatic rings. The zero-order valence-electron chi connectivity index (χ0n) is 18.0. The van der Waals surface area contributed by atoms with Crippen molar-refractivity contribution in [3.63, 3.8) is 0 Å². The number of benzene rings is 1. The Morgan fingerprint density at radius 1 is 1.22 bits per heavy atom. The van der Waals surface area contributed by atoms with Crippen LogP contribution in [0.25, 0.3) is 0 Å². The molecule has 3 aliphatic carbocycles. The number of carbonyl (C=O) groups excluding carboxylic acids is 1. The summed E-state index contributed by atoms with van der Waals surface area (Å²) >= 11 is 0. The summed E-state index contributed by atoms with van der Waals surface area (Å²) in [5, 5.41) is 10.5. The summed E-state index contributed by atoms with van der Waals surface area (Å²) in [5.74, 6) is 1.52. The van der Waals surface area contributed by atoms with Gasteiger partial charge in [-0.15, -0.1) is 0 Å². The van der Waals surface area contributed by atoms with Gasteiger partial charge in [0.05, 0.1) is 0 Å². The number of phenolic OH excluding ortho intramolecular Hbond substituents is 1. The number of hydrogen-bond acceptors (Lipinski definition) is 4. The molecule has 2 saturated carbocycles. The van der Waals surface area contributed by atoms with Crippen molar-refractivity contribution >= 4 is 5.91 Å². The molecule has 32 heavy (non-hydrogen) atoms. The molecular weight excluding hydrogens is 398 g/mol. The van der Waals surface area contributed by atoms with Gasteiger partial charge in [0, 0.05) is 30.2 Å². The lowest BCUT2D eigenvalue weighted by atomic mass is 9.43. The zero-order valence-corrected chi connectivity index (χ0v) is 18.0. The van der Waals surface area contributed by atoms with E-state index in [1.54, 1.807) is 6.20 Å². The van der Waals surface area contributed by atoms with Crippen molar-refractivity contribution < 1.29 is 9.90 Å². The Balaban J connectivity index is 0.00000196. The van der Waals surface area contributed by atoms with E-state index in [0.29, 0.717) is 29.3 Å². The van der Waals surface area contributed by atoms with Gasteiger partial charge in [0.25, 0.3) is 5.91 Å². The molecule has 5 unspecified atom stereocenters. The maximum atomic E-state index is 13.5. The lowest BCUT2D eigenvalue weighted by molar-refractivity contribution is -0.0926. The molecule has 4 fully saturated rings. The fourth-order valence-corrected chi connectivity index (χ4v) is 9.10. The molecule has 5 heteroatoms. The average Bonchev–Trinajstić information content (AvgIpc) is 3.23. The normalized spacial score (nSPS) is 38.6. The number of aromatic nitrogens is 1. The average molecular weight is 432 g/mol. The van der Waals surface area contributed by atoms with Crippen molar-refractivity contribution in [2.45, 2.75) is 57.0 Å². The Morgan fingerprint density at radius 2 is 2.09 bits per heavy atom. The van der Waals surface area contributed by atoms with E-state index in [1.807, 2.05) is 24.3 Å². The zero-order chi connectivity index (χ0) is 21.0. The number of aromatic hydroxyl groups is 1. The molecule has 5 nitrogen and oxygen atoms in total. The number of phenols is 1. The van der Waals surface area contributed by atoms with Crippen molar-refractivity contribution in [2.24, 2.45) is 17.3 Å². The van der Waals surface area contributed by atoms with E-state index in [-0.39, 0.29) is 30.2 Å². The van der Waals surface area contributed by atoms with Gasteiger partial charge in [-0.05, 0) is 98.3 Å². The first-order valence-corrected chi connectivity index (χ1v) is 11.8. The number of likely N-dealkylation sites (tertiary alicyclic amines) is 2. The third kappa shape index (κ3) is 2.18. The molecular formula is C27H33N3O2. The van der Waals surface area contributed by atoms with Crippen LogP contribution in [0.15, 0.2) is 42.6 Å². The number of amides is 1. The standard InChI is InChI=1S/C26H29N3O2.CH4/c1-28-11-9-26-19-13-18(30)6-5-16(19)12-22(28)25(26)8-7-21-23(26)17(14-25)15-29(21)24(31)20-4-2-3-10-27-20;/h2-6,10,13,17,21-23,30H,7-9,11-12,14-15H2,1H3;1H4/t17-,21?,22?,23?,25?,26?;/m1./s1. The minimum Gasteiger partial charge on any atom is -0.508 e. The highest BCUT2D eigenvalue weighted by molar-refractivity contribution is 5.92. The monoisotopic (exact) mass is 431 g/mol. The van der Waals surface area contributed by atoms with E-state index >= 15 is 0 Å². The van der Waals surface area contributed by atoms with Crippen molar-refractivity contribution in [1.29, 1.82) is 0 Å². The van der Waals surface area contributed by atoms with Crippen LogP contribution in [0.5, 0.6) is 5.75 Å². The first-order valence-electron chi connectivity index (χ1n) is 11.8. The highest BCUT2D eigenvalue weighted by Crippen LogP contribution is 2.75. The highest BCUT2D eigenvalue weighted by atomic mass is 16.3. The number of likely N-dealkylation sites (N-methyl/N-ethyl adjacent to an activating group) is 1. The predicted molar refractivity (Wildman–Crippen MR) is 124 cm³/mol. The van der Waals surface area contributed by atoms with Gasteiger partial charge < -0.3 is 14.9 Å². The summed E-state index contributed by atoms with van der Waals surface area (Å²) in [6.45, 7) is 1.96. The van der Waals surface area contributed by atoms with Crippen molar-refractivity contribution in [2.75, 3.05) is 20.1 Å². The quantitative estimate of drug-likeness (QED) is 0.745. The van der Waals surface area contributed by atoms with Crippen LogP contribution in [0.1, 0.15) is 54.7 Å². The number of carbonyl (C=O) groups is 1. The highest BCUT2D eigenvalue weighted by Gasteiger charge is 2.76. The second kappa shape index (κ2) is 6.57. The number of nitrogens with zero attached hydrogens (tertiary/aromatic N) is 3. The molecule has 2 saturated heterocycles. The summed E-state index contributed by atoms with van der Waals surface area (Å²) in [6, 6.07) is 12.6. The molecule has 168 valence electrons. The molecule has 1 amide bonds. The molecule has 0 radical (unpaired) electrons. The van der Waals surface area contributed by atoms with E-state index in [1.165, 1.54) is 24.0 Å². The molecule has 0 spiro atoms. The topological polar surface area (TPSA) is 56.7 Å². The Bertz CT molecular complexity index is 1090. The first-order chi connectivity index (χ1) is 15.0. The first kappa shape index (κ1) is 20.2. The lowest BCUT2D eigenvalue weighted by Gasteiger charge is -2.66. The Morgan fingerprint density at radius 3 is 2.91 bits per heavy atom. The molecule has 7 rings (SSSR count). The molecule has 2 aliphatic heterocycles. The Kier molecular flexibility index (Phi) is 4.15. The number of rotatable bonds is 1. The molecule has 3 heterocycles. The van der Waals surface area contributed by atoms with Crippen LogP contribution in [0.4, 0.5) is 0 Å². The van der Waals surface area contributed by atoms with Crippen molar-refractivity contribution in [1.82, 2.24) is 14.8 Å². The Hall–Kier alpha value is -2.40. The molecule has 1 aromatic carbocycles. The van der Waals surface area contributed by atoms with Crippen LogP contribution >= 0.6 is 0 Å². The second-order valence-electron chi connectivity index (χ2n) is 10.7. The molecule has 1 N–H and O–H groups in total. The molecule has 1 aromatic heterocycles. The van der Waals surface area contributed by atoms with Gasteiger partial charge in [0.1, 0.15) is 11.4 Å². The van der Waals surface area contributed by atoms with Crippen LogP contribution in [-0.2, 0) is 11.8 Å². The van der Waals surface area contributed by atoms with Gasteiger partial charge >= 0.3 is 0 Å². The smallest absolute Gasteiger partial charge is 0.272 e. The number of fused-ring (bicyclic) bond motifs is 1. The third-order valence-electron chi connectivity index (χ3n) is 9.89. The fraction of sp³-hybridized carbons (Fsp3) is 0.556. The SMILES string of the molecule is C.CN1CCC23c4cc(O)ccc4CC1C21CCC2C3[C@@H](CN2C(=O)c2ccccn2)C1. The summed E-state index contributed by atoms with van der Waals surface area (Å²) in [5.41, 5.74) is 3.76. The minimum absolute atomic E-state index is 0. The van der Waals surface area contributed by atoms with Gasteiger partial charge in [0.2, 0.25) is 0 Å². The van der Waals surface area contributed by atoms with Crippen LogP contribution in [0.2, 0.25) is 0 Å². The van der Waals surface area contributed by atoms with Gasteiger partial charge in [-0.1, -0.05) is 19.6 Å². The van der Waals surface area contributed by atoms with Gasteiger partial charge in [0.15, 0.2) is 0 Å². The predicted octanol–water partition coefficient (Wildman–Crippen LogP) is 3.86. The number of hydrogen-bond donors (Lipinski definition) is 1.